The summed E-state index contributed by atoms with van der Waals surface area (Å²) in [6.07, 6.45) is 1.20. The average Bonchev–Trinajstić information content (AvgIpc) is 2.27. The molecule has 5 heteroatoms. The molecule has 0 amide bonds. The topological polar surface area (TPSA) is 43.4 Å². The maximum Gasteiger partial charge on any atom is 0.232 e. The SMILES string of the molecule is CC(C)c1ccccc1OCCCCS(=O)(=O)Cl. The Hall–Kier alpha value is -0.740. The third kappa shape index (κ3) is 5.74. The molecule has 1 rings (SSSR count). The van der Waals surface area contributed by atoms with Crippen LogP contribution in [0.15, 0.2) is 24.3 Å². The van der Waals surface area contributed by atoms with Gasteiger partial charge in [0.25, 0.3) is 0 Å². The van der Waals surface area contributed by atoms with Crippen molar-refractivity contribution in [3.8, 4) is 5.75 Å². The third-order valence-electron chi connectivity index (χ3n) is 2.58. The molecule has 18 heavy (non-hydrogen) atoms. The minimum Gasteiger partial charge on any atom is -0.493 e. The van der Waals surface area contributed by atoms with Crippen molar-refractivity contribution in [2.45, 2.75) is 32.6 Å². The summed E-state index contributed by atoms with van der Waals surface area (Å²) in [6, 6.07) is 7.91. The van der Waals surface area contributed by atoms with E-state index in [0.717, 1.165) is 5.75 Å². The van der Waals surface area contributed by atoms with Crippen LogP contribution in [0.4, 0.5) is 0 Å². The van der Waals surface area contributed by atoms with E-state index in [4.69, 9.17) is 15.4 Å². The van der Waals surface area contributed by atoms with Crippen LogP contribution in [0.25, 0.3) is 0 Å². The highest BCUT2D eigenvalue weighted by molar-refractivity contribution is 8.13. The molecule has 0 spiro atoms. The molecule has 3 nitrogen and oxygen atoms in total. The average molecular weight is 291 g/mol. The lowest BCUT2D eigenvalue weighted by Gasteiger charge is -2.13. The van der Waals surface area contributed by atoms with E-state index in [0.29, 0.717) is 25.4 Å². The molecule has 1 aromatic rings. The van der Waals surface area contributed by atoms with Gasteiger partial charge < -0.3 is 4.74 Å². The number of benzene rings is 1. The first-order valence-corrected chi connectivity index (χ1v) is 8.52. The number of rotatable bonds is 7. The minimum atomic E-state index is -3.37. The standard InChI is InChI=1S/C13H19ClO3S/c1-11(2)12-7-3-4-8-13(12)17-9-5-6-10-18(14,15)16/h3-4,7-8,11H,5-6,9-10H2,1-2H3. The molecule has 0 radical (unpaired) electrons. The number of unbranched alkanes of at least 4 members (excludes halogenated alkanes) is 1. The van der Waals surface area contributed by atoms with Gasteiger partial charge in [0.1, 0.15) is 5.75 Å². The number of hydrogen-bond donors (Lipinski definition) is 0. The van der Waals surface area contributed by atoms with Gasteiger partial charge >= 0.3 is 0 Å². The molecule has 0 aliphatic rings. The van der Waals surface area contributed by atoms with Gasteiger partial charge in [-0.1, -0.05) is 32.0 Å². The van der Waals surface area contributed by atoms with Crippen molar-refractivity contribution in [2.75, 3.05) is 12.4 Å². The van der Waals surface area contributed by atoms with Gasteiger partial charge in [0, 0.05) is 10.7 Å². The van der Waals surface area contributed by atoms with Crippen molar-refractivity contribution in [1.82, 2.24) is 0 Å². The fourth-order valence-corrected chi connectivity index (χ4v) is 2.52. The third-order valence-corrected chi connectivity index (χ3v) is 3.82. The van der Waals surface area contributed by atoms with E-state index in [1.54, 1.807) is 0 Å². The van der Waals surface area contributed by atoms with Gasteiger partial charge in [-0.05, 0) is 30.4 Å². The molecule has 0 saturated carbocycles. The lowest BCUT2D eigenvalue weighted by atomic mass is 10.0. The highest BCUT2D eigenvalue weighted by Gasteiger charge is 2.07. The zero-order chi connectivity index (χ0) is 13.6. The van der Waals surface area contributed by atoms with Crippen LogP contribution in [0.2, 0.25) is 0 Å². The van der Waals surface area contributed by atoms with Crippen LogP contribution < -0.4 is 4.74 Å². The van der Waals surface area contributed by atoms with Crippen molar-refractivity contribution in [1.29, 1.82) is 0 Å². The zero-order valence-corrected chi connectivity index (χ0v) is 12.3. The van der Waals surface area contributed by atoms with Crippen LogP contribution in [0.1, 0.15) is 38.2 Å². The number of ether oxygens (including phenoxy) is 1. The maximum atomic E-state index is 10.7. The van der Waals surface area contributed by atoms with Gasteiger partial charge in [0.15, 0.2) is 0 Å². The summed E-state index contributed by atoms with van der Waals surface area (Å²) >= 11 is 0. The van der Waals surface area contributed by atoms with Gasteiger partial charge in [-0.2, -0.15) is 0 Å². The first kappa shape index (κ1) is 15.3. The van der Waals surface area contributed by atoms with E-state index in [1.807, 2.05) is 24.3 Å². The molecular weight excluding hydrogens is 272 g/mol. The Morgan fingerprint density at radius 2 is 1.89 bits per heavy atom. The first-order valence-electron chi connectivity index (χ1n) is 6.04. The van der Waals surface area contributed by atoms with E-state index in [9.17, 15) is 8.42 Å². The molecule has 0 fully saturated rings. The monoisotopic (exact) mass is 290 g/mol. The molecule has 0 unspecified atom stereocenters. The smallest absolute Gasteiger partial charge is 0.232 e. The van der Waals surface area contributed by atoms with Gasteiger partial charge in [-0.25, -0.2) is 8.42 Å². The van der Waals surface area contributed by atoms with Crippen LogP contribution in [0.3, 0.4) is 0 Å². The molecule has 0 aromatic heterocycles. The maximum absolute atomic E-state index is 10.7. The number of halogens is 1. The molecule has 102 valence electrons. The summed E-state index contributed by atoms with van der Waals surface area (Å²) in [5.74, 6) is 1.29. The molecule has 0 aliphatic heterocycles. The van der Waals surface area contributed by atoms with Crippen molar-refractivity contribution in [2.24, 2.45) is 0 Å². The van der Waals surface area contributed by atoms with Gasteiger partial charge in [-0.3, -0.25) is 0 Å². The quantitative estimate of drug-likeness (QED) is 0.570. The second-order valence-electron chi connectivity index (χ2n) is 4.49. The van der Waals surface area contributed by atoms with Crippen molar-refractivity contribution in [3.63, 3.8) is 0 Å². The van der Waals surface area contributed by atoms with E-state index < -0.39 is 9.05 Å². The van der Waals surface area contributed by atoms with E-state index >= 15 is 0 Å². The highest BCUT2D eigenvalue weighted by Crippen LogP contribution is 2.25. The fraction of sp³-hybridized carbons (Fsp3) is 0.538. The Kier molecular flexibility index (Phi) is 5.96. The van der Waals surface area contributed by atoms with Crippen LogP contribution >= 0.6 is 10.7 Å². The fourth-order valence-electron chi connectivity index (χ4n) is 1.65. The molecule has 0 N–H and O–H groups in total. The Balaban J connectivity index is 2.40. The van der Waals surface area contributed by atoms with Gasteiger partial charge in [-0.15, -0.1) is 0 Å². The molecular formula is C13H19ClO3S. The molecule has 0 bridgehead atoms. The van der Waals surface area contributed by atoms with E-state index in [1.165, 1.54) is 5.56 Å². The second kappa shape index (κ2) is 7.00. The molecule has 0 saturated heterocycles. The normalized spacial score (nSPS) is 11.8. The Bertz CT molecular complexity index is 469. The lowest BCUT2D eigenvalue weighted by Crippen LogP contribution is -2.04. The summed E-state index contributed by atoms with van der Waals surface area (Å²) in [4.78, 5) is 0. The lowest BCUT2D eigenvalue weighted by molar-refractivity contribution is 0.305. The summed E-state index contributed by atoms with van der Waals surface area (Å²) < 4.78 is 27.1. The van der Waals surface area contributed by atoms with Crippen LogP contribution in [-0.4, -0.2) is 20.8 Å². The highest BCUT2D eigenvalue weighted by atomic mass is 35.7. The van der Waals surface area contributed by atoms with Gasteiger partial charge in [0.05, 0.1) is 12.4 Å². The van der Waals surface area contributed by atoms with Crippen LogP contribution in [-0.2, 0) is 9.05 Å². The van der Waals surface area contributed by atoms with Crippen LogP contribution in [0.5, 0.6) is 5.75 Å². The largest absolute Gasteiger partial charge is 0.493 e. The summed E-state index contributed by atoms with van der Waals surface area (Å²) in [5, 5.41) is 0. The molecule has 1 aromatic carbocycles. The van der Waals surface area contributed by atoms with E-state index in [-0.39, 0.29) is 5.75 Å². The summed E-state index contributed by atoms with van der Waals surface area (Å²) in [5.41, 5.74) is 1.17. The Morgan fingerprint density at radius 3 is 2.50 bits per heavy atom. The zero-order valence-electron chi connectivity index (χ0n) is 10.7. The summed E-state index contributed by atoms with van der Waals surface area (Å²) in [7, 11) is 1.75. The molecule has 0 atom stereocenters. The van der Waals surface area contributed by atoms with Gasteiger partial charge in [0.2, 0.25) is 9.05 Å². The summed E-state index contributed by atoms with van der Waals surface area (Å²) in [6.45, 7) is 4.74. The van der Waals surface area contributed by atoms with Crippen molar-refractivity contribution in [3.05, 3.63) is 29.8 Å². The first-order chi connectivity index (χ1) is 8.40. The van der Waals surface area contributed by atoms with E-state index in [2.05, 4.69) is 13.8 Å². The predicted octanol–water partition coefficient (Wildman–Crippen LogP) is 3.54. The minimum absolute atomic E-state index is 0.00371. The van der Waals surface area contributed by atoms with Crippen molar-refractivity contribution >= 4 is 19.7 Å². The Labute approximate surface area is 114 Å². The molecule has 0 aliphatic carbocycles. The van der Waals surface area contributed by atoms with Crippen molar-refractivity contribution < 1.29 is 13.2 Å². The molecule has 0 heterocycles. The second-order valence-corrected chi connectivity index (χ2v) is 7.39. The van der Waals surface area contributed by atoms with Crippen LogP contribution in [0, 0.1) is 0 Å². The number of para-hydroxylation sites is 1. The Morgan fingerprint density at radius 1 is 1.22 bits per heavy atom. The number of hydrogen-bond acceptors (Lipinski definition) is 3. The predicted molar refractivity (Wildman–Crippen MR) is 74.9 cm³/mol.